The van der Waals surface area contributed by atoms with Gasteiger partial charge in [-0.3, -0.25) is 14.5 Å². The summed E-state index contributed by atoms with van der Waals surface area (Å²) in [7, 11) is 0. The fraction of sp³-hybridized carbons (Fsp3) is 0.286. The second-order valence-electron chi connectivity index (χ2n) is 6.97. The molecule has 9 heteroatoms. The molecule has 3 rings (SSSR count). The van der Waals surface area contributed by atoms with Gasteiger partial charge in [-0.05, 0) is 30.2 Å². The molecule has 0 spiro atoms. The van der Waals surface area contributed by atoms with Crippen LogP contribution in [-0.4, -0.2) is 29.3 Å². The maximum absolute atomic E-state index is 13.1. The molecule has 4 amide bonds. The molecule has 0 saturated carbocycles. The zero-order chi connectivity index (χ0) is 21.9. The van der Waals surface area contributed by atoms with Gasteiger partial charge in [0.1, 0.15) is 12.1 Å². The fourth-order valence-corrected chi connectivity index (χ4v) is 3.49. The van der Waals surface area contributed by atoms with E-state index >= 15 is 0 Å². The van der Waals surface area contributed by atoms with Crippen molar-refractivity contribution in [3.63, 3.8) is 0 Å². The Hall–Kier alpha value is -3.36. The fourth-order valence-electron chi connectivity index (χ4n) is 3.49. The number of carbonyl (C=O) groups excluding carboxylic acids is 3. The van der Waals surface area contributed by atoms with Crippen LogP contribution in [0.3, 0.4) is 0 Å². The van der Waals surface area contributed by atoms with E-state index in [1.165, 1.54) is 6.07 Å². The van der Waals surface area contributed by atoms with E-state index in [0.717, 1.165) is 23.1 Å². The molecular weight excluding hydrogens is 399 g/mol. The first kappa shape index (κ1) is 21.4. The van der Waals surface area contributed by atoms with Crippen molar-refractivity contribution in [3.8, 4) is 0 Å². The number of carbonyl (C=O) groups is 3. The molecule has 2 N–H and O–H groups in total. The molecule has 158 valence electrons. The lowest BCUT2D eigenvalue weighted by Gasteiger charge is -2.26. The lowest BCUT2D eigenvalue weighted by atomic mass is 9.85. The standard InChI is InChI=1S/C21H20F3N3O3/c1-2-11-20(14-7-4-3-5-8-14)18(29)27(19(30)26-20)13-17(28)25-16-10-6-9-15(12-16)21(22,23)24/h3-10,12H,2,11,13H2,1H3,(H,25,28)(H,26,30)/t20-/m1/s1. The number of amides is 4. The van der Waals surface area contributed by atoms with Crippen molar-refractivity contribution < 1.29 is 27.6 Å². The van der Waals surface area contributed by atoms with Gasteiger partial charge >= 0.3 is 12.2 Å². The maximum Gasteiger partial charge on any atom is 0.416 e. The predicted octanol–water partition coefficient (Wildman–Crippen LogP) is 3.89. The highest BCUT2D eigenvalue weighted by Gasteiger charge is 2.52. The van der Waals surface area contributed by atoms with Crippen LogP contribution in [-0.2, 0) is 21.3 Å². The third-order valence-corrected chi connectivity index (χ3v) is 4.84. The van der Waals surface area contributed by atoms with Crippen LogP contribution in [0, 0.1) is 0 Å². The summed E-state index contributed by atoms with van der Waals surface area (Å²) in [6, 6.07) is 12.1. The number of imide groups is 1. The molecule has 2 aromatic carbocycles. The number of nitrogens with zero attached hydrogens (tertiary/aromatic N) is 1. The zero-order valence-electron chi connectivity index (χ0n) is 16.1. The van der Waals surface area contributed by atoms with Gasteiger partial charge in [0.05, 0.1) is 5.56 Å². The van der Waals surface area contributed by atoms with Gasteiger partial charge in [0.15, 0.2) is 0 Å². The molecule has 0 aliphatic carbocycles. The number of nitrogens with one attached hydrogen (secondary N) is 2. The molecule has 1 saturated heterocycles. The average Bonchev–Trinajstić information content (AvgIpc) is 2.93. The Labute approximate surface area is 171 Å². The Morgan fingerprint density at radius 2 is 1.80 bits per heavy atom. The molecule has 30 heavy (non-hydrogen) atoms. The van der Waals surface area contributed by atoms with E-state index in [1.54, 1.807) is 30.3 Å². The van der Waals surface area contributed by atoms with Gasteiger partial charge in [0.2, 0.25) is 5.91 Å². The van der Waals surface area contributed by atoms with Crippen LogP contribution in [0.4, 0.5) is 23.7 Å². The largest absolute Gasteiger partial charge is 0.416 e. The molecule has 1 heterocycles. The second kappa shape index (κ2) is 8.17. The molecule has 0 bridgehead atoms. The smallest absolute Gasteiger partial charge is 0.325 e. The quantitative estimate of drug-likeness (QED) is 0.698. The number of halogens is 3. The number of urea groups is 1. The number of hydrogen-bond donors (Lipinski definition) is 2. The first-order chi connectivity index (χ1) is 14.2. The Bertz CT molecular complexity index is 963. The van der Waals surface area contributed by atoms with E-state index in [4.69, 9.17) is 0 Å². The lowest BCUT2D eigenvalue weighted by molar-refractivity contribution is -0.137. The van der Waals surface area contributed by atoms with Crippen LogP contribution < -0.4 is 10.6 Å². The molecular formula is C21H20F3N3O3. The molecule has 0 radical (unpaired) electrons. The van der Waals surface area contributed by atoms with Gasteiger partial charge in [-0.1, -0.05) is 49.7 Å². The normalized spacial score (nSPS) is 19.0. The number of hydrogen-bond acceptors (Lipinski definition) is 3. The topological polar surface area (TPSA) is 78.5 Å². The van der Waals surface area contributed by atoms with Crippen molar-refractivity contribution in [2.45, 2.75) is 31.5 Å². The Kier molecular flexibility index (Phi) is 5.82. The number of anilines is 1. The van der Waals surface area contributed by atoms with Crippen LogP contribution >= 0.6 is 0 Å². The third kappa shape index (κ3) is 4.14. The number of rotatable bonds is 6. The van der Waals surface area contributed by atoms with Crippen LogP contribution in [0.1, 0.15) is 30.9 Å². The maximum atomic E-state index is 13.1. The Balaban J connectivity index is 1.78. The lowest BCUT2D eigenvalue weighted by Crippen LogP contribution is -2.44. The predicted molar refractivity (Wildman–Crippen MR) is 103 cm³/mol. The third-order valence-electron chi connectivity index (χ3n) is 4.84. The molecule has 1 fully saturated rings. The summed E-state index contributed by atoms with van der Waals surface area (Å²) in [5, 5.41) is 5.00. The Morgan fingerprint density at radius 1 is 1.10 bits per heavy atom. The minimum Gasteiger partial charge on any atom is -0.325 e. The highest BCUT2D eigenvalue weighted by molar-refractivity contribution is 6.10. The van der Waals surface area contributed by atoms with E-state index < -0.39 is 41.7 Å². The summed E-state index contributed by atoms with van der Waals surface area (Å²) in [5.74, 6) is -1.35. The van der Waals surface area contributed by atoms with Crippen LogP contribution in [0.5, 0.6) is 0 Å². The van der Waals surface area contributed by atoms with Crippen molar-refractivity contribution in [1.29, 1.82) is 0 Å². The average molecular weight is 419 g/mol. The van der Waals surface area contributed by atoms with Gasteiger partial charge in [0.25, 0.3) is 5.91 Å². The van der Waals surface area contributed by atoms with Crippen molar-refractivity contribution >= 4 is 23.5 Å². The highest BCUT2D eigenvalue weighted by atomic mass is 19.4. The minimum atomic E-state index is -4.55. The molecule has 2 aromatic rings. The summed E-state index contributed by atoms with van der Waals surface area (Å²) in [4.78, 5) is 38.7. The van der Waals surface area contributed by atoms with Crippen LogP contribution in [0.2, 0.25) is 0 Å². The molecule has 1 aliphatic heterocycles. The van der Waals surface area contributed by atoms with Crippen molar-refractivity contribution in [3.05, 3.63) is 65.7 Å². The second-order valence-corrected chi connectivity index (χ2v) is 6.97. The minimum absolute atomic E-state index is 0.0789. The van der Waals surface area contributed by atoms with Crippen molar-refractivity contribution in [2.24, 2.45) is 0 Å². The van der Waals surface area contributed by atoms with Gasteiger partial charge in [-0.15, -0.1) is 0 Å². The highest BCUT2D eigenvalue weighted by Crippen LogP contribution is 2.34. The molecule has 1 atom stereocenters. The molecule has 6 nitrogen and oxygen atoms in total. The van der Waals surface area contributed by atoms with Gasteiger partial charge in [-0.2, -0.15) is 13.2 Å². The van der Waals surface area contributed by atoms with Crippen molar-refractivity contribution in [1.82, 2.24) is 10.2 Å². The summed E-state index contributed by atoms with van der Waals surface area (Å²) in [5.41, 5.74) is -1.67. The Morgan fingerprint density at radius 3 is 2.43 bits per heavy atom. The van der Waals surface area contributed by atoms with Gasteiger partial charge in [-0.25, -0.2) is 4.79 Å². The molecule has 0 aromatic heterocycles. The van der Waals surface area contributed by atoms with Crippen molar-refractivity contribution in [2.75, 3.05) is 11.9 Å². The monoisotopic (exact) mass is 419 g/mol. The van der Waals surface area contributed by atoms with Gasteiger partial charge in [0, 0.05) is 5.69 Å². The van der Waals surface area contributed by atoms with E-state index in [-0.39, 0.29) is 5.69 Å². The first-order valence-electron chi connectivity index (χ1n) is 9.34. The number of alkyl halides is 3. The summed E-state index contributed by atoms with van der Waals surface area (Å²) >= 11 is 0. The summed E-state index contributed by atoms with van der Waals surface area (Å²) in [6.07, 6.45) is -3.61. The van der Waals surface area contributed by atoms with Crippen LogP contribution in [0.25, 0.3) is 0 Å². The van der Waals surface area contributed by atoms with E-state index in [9.17, 15) is 27.6 Å². The molecule has 0 unspecified atom stereocenters. The number of benzene rings is 2. The summed E-state index contributed by atoms with van der Waals surface area (Å²) < 4.78 is 38.5. The zero-order valence-corrected chi connectivity index (χ0v) is 16.1. The first-order valence-corrected chi connectivity index (χ1v) is 9.34. The summed E-state index contributed by atoms with van der Waals surface area (Å²) in [6.45, 7) is 1.26. The van der Waals surface area contributed by atoms with Gasteiger partial charge < -0.3 is 10.6 Å². The van der Waals surface area contributed by atoms with E-state index in [0.29, 0.717) is 18.4 Å². The van der Waals surface area contributed by atoms with E-state index in [2.05, 4.69) is 10.6 Å². The molecule has 1 aliphatic rings. The van der Waals surface area contributed by atoms with E-state index in [1.807, 2.05) is 6.92 Å². The SMILES string of the molecule is CCC[C@]1(c2ccccc2)NC(=O)N(CC(=O)Nc2cccc(C(F)(F)F)c2)C1=O. The van der Waals surface area contributed by atoms with Crippen LogP contribution in [0.15, 0.2) is 54.6 Å².